The van der Waals surface area contributed by atoms with Crippen LogP contribution in [0.1, 0.15) is 32.6 Å². The van der Waals surface area contributed by atoms with Gasteiger partial charge in [0, 0.05) is 45.3 Å². The molecule has 3 amide bonds. The van der Waals surface area contributed by atoms with E-state index >= 15 is 0 Å². The Labute approximate surface area is 150 Å². The zero-order chi connectivity index (χ0) is 17.6. The predicted molar refractivity (Wildman–Crippen MR) is 95.4 cm³/mol. The number of morpholine rings is 1. The first-order valence-corrected chi connectivity index (χ1v) is 9.82. The Kier molecular flexibility index (Phi) is 6.53. The topological polar surface area (TPSA) is 65.1 Å². The third-order valence-electron chi connectivity index (χ3n) is 5.72. The summed E-state index contributed by atoms with van der Waals surface area (Å²) in [5.41, 5.74) is 0. The van der Waals surface area contributed by atoms with Crippen LogP contribution in [0.2, 0.25) is 0 Å². The summed E-state index contributed by atoms with van der Waals surface area (Å²) in [4.78, 5) is 31.1. The first-order chi connectivity index (χ1) is 12.2. The van der Waals surface area contributed by atoms with E-state index in [2.05, 4.69) is 10.2 Å². The van der Waals surface area contributed by atoms with Gasteiger partial charge < -0.3 is 19.9 Å². The van der Waals surface area contributed by atoms with E-state index in [1.165, 1.54) is 0 Å². The lowest BCUT2D eigenvalue weighted by atomic mass is 9.92. The van der Waals surface area contributed by atoms with Crippen molar-refractivity contribution < 1.29 is 14.3 Å². The Balaban J connectivity index is 1.48. The van der Waals surface area contributed by atoms with Gasteiger partial charge >= 0.3 is 6.03 Å². The molecule has 0 spiro atoms. The van der Waals surface area contributed by atoms with Gasteiger partial charge in [-0.25, -0.2) is 4.79 Å². The van der Waals surface area contributed by atoms with Crippen molar-refractivity contribution in [3.63, 3.8) is 0 Å². The number of piperidine rings is 2. The van der Waals surface area contributed by atoms with Crippen LogP contribution in [0.15, 0.2) is 0 Å². The van der Waals surface area contributed by atoms with Crippen LogP contribution in [0.25, 0.3) is 0 Å². The van der Waals surface area contributed by atoms with Crippen LogP contribution in [0.3, 0.4) is 0 Å². The van der Waals surface area contributed by atoms with Gasteiger partial charge in [-0.15, -0.1) is 0 Å². The Hall–Kier alpha value is -1.34. The number of urea groups is 1. The summed E-state index contributed by atoms with van der Waals surface area (Å²) in [6, 6.07) is 0.561. The number of ether oxygens (including phenoxy) is 1. The number of nitrogens with one attached hydrogen (secondary N) is 1. The molecule has 0 aromatic rings. The van der Waals surface area contributed by atoms with Crippen LogP contribution in [0, 0.1) is 5.92 Å². The van der Waals surface area contributed by atoms with E-state index in [9.17, 15) is 9.59 Å². The summed E-state index contributed by atoms with van der Waals surface area (Å²) in [7, 11) is 0. The lowest BCUT2D eigenvalue weighted by Gasteiger charge is -2.43. The largest absolute Gasteiger partial charge is 0.378 e. The van der Waals surface area contributed by atoms with Gasteiger partial charge in [0.1, 0.15) is 0 Å². The fourth-order valence-electron chi connectivity index (χ4n) is 4.28. The van der Waals surface area contributed by atoms with Crippen molar-refractivity contribution in [1.29, 1.82) is 0 Å². The van der Waals surface area contributed by atoms with Gasteiger partial charge in [0.05, 0.1) is 19.1 Å². The van der Waals surface area contributed by atoms with Crippen LogP contribution in [-0.2, 0) is 9.53 Å². The Bertz CT molecular complexity index is 459. The molecule has 25 heavy (non-hydrogen) atoms. The summed E-state index contributed by atoms with van der Waals surface area (Å²) in [6.45, 7) is 9.02. The molecule has 0 bridgehead atoms. The lowest BCUT2D eigenvalue weighted by molar-refractivity contribution is -0.141. The number of amides is 3. The number of nitrogens with zero attached hydrogens (tertiary/aromatic N) is 3. The van der Waals surface area contributed by atoms with Crippen LogP contribution >= 0.6 is 0 Å². The fraction of sp³-hybridized carbons (Fsp3) is 0.889. The zero-order valence-electron chi connectivity index (χ0n) is 15.4. The van der Waals surface area contributed by atoms with Gasteiger partial charge in [-0.1, -0.05) is 0 Å². The third-order valence-corrected chi connectivity index (χ3v) is 5.72. The lowest BCUT2D eigenvalue weighted by Crippen LogP contribution is -2.53. The quantitative estimate of drug-likeness (QED) is 0.814. The average Bonchev–Trinajstić information content (AvgIpc) is 2.68. The molecule has 0 saturated carbocycles. The Morgan fingerprint density at radius 1 is 1.00 bits per heavy atom. The fourth-order valence-corrected chi connectivity index (χ4v) is 4.28. The van der Waals surface area contributed by atoms with Crippen molar-refractivity contribution in [3.8, 4) is 0 Å². The van der Waals surface area contributed by atoms with Crippen LogP contribution < -0.4 is 5.32 Å². The summed E-state index contributed by atoms with van der Waals surface area (Å²) in [5.74, 6) is 0.445. The minimum Gasteiger partial charge on any atom is -0.378 e. The minimum atomic E-state index is 0.0555. The standard InChI is InChI=1S/C18H32N4O3/c1-2-19-18(24)21-8-5-16(6-9-21)22-7-3-4-15(14-22)17(23)20-10-12-25-13-11-20/h15-16H,2-14H2,1H3,(H,19,24). The van der Waals surface area contributed by atoms with E-state index < -0.39 is 0 Å². The number of rotatable bonds is 3. The molecule has 0 radical (unpaired) electrons. The molecule has 0 aromatic heterocycles. The maximum absolute atomic E-state index is 12.8. The van der Waals surface area contributed by atoms with E-state index in [1.54, 1.807) is 0 Å². The van der Waals surface area contributed by atoms with Crippen molar-refractivity contribution in [2.75, 3.05) is 59.0 Å². The molecule has 0 aliphatic carbocycles. The SMILES string of the molecule is CCNC(=O)N1CCC(N2CCCC(C(=O)N3CCOCC3)C2)CC1. The van der Waals surface area contributed by atoms with E-state index in [-0.39, 0.29) is 11.9 Å². The summed E-state index contributed by atoms with van der Waals surface area (Å²) >= 11 is 0. The van der Waals surface area contributed by atoms with Crippen LogP contribution in [0.5, 0.6) is 0 Å². The number of carbonyl (C=O) groups is 2. The predicted octanol–water partition coefficient (Wildman–Crippen LogP) is 0.751. The zero-order valence-corrected chi connectivity index (χ0v) is 15.4. The van der Waals surface area contributed by atoms with Gasteiger partial charge in [-0.2, -0.15) is 0 Å². The first-order valence-electron chi connectivity index (χ1n) is 9.82. The molecule has 1 N–H and O–H groups in total. The molecule has 3 fully saturated rings. The minimum absolute atomic E-state index is 0.0555. The monoisotopic (exact) mass is 352 g/mol. The van der Waals surface area contributed by atoms with E-state index in [0.29, 0.717) is 31.7 Å². The summed E-state index contributed by atoms with van der Waals surface area (Å²) in [5, 5.41) is 2.88. The van der Waals surface area contributed by atoms with Crippen molar-refractivity contribution in [2.24, 2.45) is 5.92 Å². The Morgan fingerprint density at radius 2 is 1.72 bits per heavy atom. The molecule has 1 unspecified atom stereocenters. The van der Waals surface area contributed by atoms with Crippen molar-refractivity contribution in [2.45, 2.75) is 38.6 Å². The third kappa shape index (κ3) is 4.64. The number of hydrogen-bond donors (Lipinski definition) is 1. The highest BCUT2D eigenvalue weighted by Crippen LogP contribution is 2.25. The Morgan fingerprint density at radius 3 is 2.40 bits per heavy atom. The smallest absolute Gasteiger partial charge is 0.317 e. The van der Waals surface area contributed by atoms with Crippen molar-refractivity contribution >= 4 is 11.9 Å². The molecule has 3 aliphatic rings. The number of likely N-dealkylation sites (tertiary alicyclic amines) is 2. The average molecular weight is 352 g/mol. The highest BCUT2D eigenvalue weighted by Gasteiger charge is 2.34. The normalized spacial score (nSPS) is 26.5. The molecule has 3 rings (SSSR count). The summed E-state index contributed by atoms with van der Waals surface area (Å²) < 4.78 is 5.36. The second-order valence-electron chi connectivity index (χ2n) is 7.33. The molecule has 7 heteroatoms. The first kappa shape index (κ1) is 18.5. The molecular formula is C18H32N4O3. The van der Waals surface area contributed by atoms with Gasteiger partial charge in [0.25, 0.3) is 0 Å². The highest BCUT2D eigenvalue weighted by atomic mass is 16.5. The van der Waals surface area contributed by atoms with Gasteiger partial charge in [-0.3, -0.25) is 9.69 Å². The highest BCUT2D eigenvalue weighted by molar-refractivity contribution is 5.79. The number of carbonyl (C=O) groups excluding carboxylic acids is 2. The molecule has 142 valence electrons. The van der Waals surface area contributed by atoms with Crippen molar-refractivity contribution in [1.82, 2.24) is 20.0 Å². The van der Waals surface area contributed by atoms with Crippen LogP contribution in [-0.4, -0.2) is 91.7 Å². The molecule has 1 atom stereocenters. The molecule has 7 nitrogen and oxygen atoms in total. The van der Waals surface area contributed by atoms with Crippen LogP contribution in [0.4, 0.5) is 4.79 Å². The van der Waals surface area contributed by atoms with E-state index in [1.807, 2.05) is 16.7 Å². The van der Waals surface area contributed by atoms with Gasteiger partial charge in [0.15, 0.2) is 0 Å². The number of hydrogen-bond acceptors (Lipinski definition) is 4. The molecule has 0 aromatic carbocycles. The second-order valence-corrected chi connectivity index (χ2v) is 7.33. The molecule has 3 saturated heterocycles. The van der Waals surface area contributed by atoms with Crippen molar-refractivity contribution in [3.05, 3.63) is 0 Å². The molecule has 3 aliphatic heterocycles. The van der Waals surface area contributed by atoms with Gasteiger partial charge in [-0.05, 0) is 39.2 Å². The summed E-state index contributed by atoms with van der Waals surface area (Å²) in [6.07, 6.45) is 4.12. The second kappa shape index (κ2) is 8.85. The molecular weight excluding hydrogens is 320 g/mol. The van der Waals surface area contributed by atoms with Gasteiger partial charge in [0.2, 0.25) is 5.91 Å². The molecule has 3 heterocycles. The maximum atomic E-state index is 12.8. The van der Waals surface area contributed by atoms with E-state index in [0.717, 1.165) is 65.0 Å². The maximum Gasteiger partial charge on any atom is 0.317 e. The van der Waals surface area contributed by atoms with E-state index in [4.69, 9.17) is 4.74 Å².